The number of hydrogen-bond acceptors (Lipinski definition) is 1. The van der Waals surface area contributed by atoms with Crippen molar-refractivity contribution in [3.05, 3.63) is 77.3 Å². The molecule has 170 valence electrons. The standard InChI is InChI=1S/C27H35F3O/c1-19(2)18-24(27(3,4)5)22-14-10-20(11-15-22)8-6-7-9-21-12-16-23(17-13-21)31-26(30)25(28)29/h10-17,19,24H,6-9,18H2,1-5H3. The van der Waals surface area contributed by atoms with Crippen molar-refractivity contribution in [2.75, 3.05) is 0 Å². The van der Waals surface area contributed by atoms with Gasteiger partial charge in [-0.15, -0.1) is 0 Å². The smallest absolute Gasteiger partial charge is 0.344 e. The van der Waals surface area contributed by atoms with Gasteiger partial charge in [0.1, 0.15) is 5.75 Å². The van der Waals surface area contributed by atoms with Crippen LogP contribution in [0.1, 0.15) is 76.5 Å². The maximum Gasteiger partial charge on any atom is 0.344 e. The Morgan fingerprint density at radius 2 is 1.29 bits per heavy atom. The van der Waals surface area contributed by atoms with Gasteiger partial charge in [0.15, 0.2) is 0 Å². The van der Waals surface area contributed by atoms with Crippen molar-refractivity contribution in [1.82, 2.24) is 0 Å². The molecule has 0 saturated carbocycles. The van der Waals surface area contributed by atoms with Crippen molar-refractivity contribution in [2.45, 2.75) is 72.6 Å². The van der Waals surface area contributed by atoms with Crippen LogP contribution in [0, 0.1) is 11.3 Å². The fourth-order valence-electron chi connectivity index (χ4n) is 3.90. The first kappa shape index (κ1) is 25.0. The lowest BCUT2D eigenvalue weighted by atomic mass is 9.72. The lowest BCUT2D eigenvalue weighted by Crippen LogP contribution is -2.20. The third kappa shape index (κ3) is 8.43. The largest absolute Gasteiger partial charge is 0.428 e. The zero-order valence-corrected chi connectivity index (χ0v) is 19.4. The third-order valence-corrected chi connectivity index (χ3v) is 5.59. The summed E-state index contributed by atoms with van der Waals surface area (Å²) in [5.41, 5.74) is 4.09. The molecule has 0 aromatic heterocycles. The molecule has 0 fully saturated rings. The number of benzene rings is 2. The van der Waals surface area contributed by atoms with Gasteiger partial charge in [0.25, 0.3) is 0 Å². The van der Waals surface area contributed by atoms with Crippen molar-refractivity contribution in [2.24, 2.45) is 11.3 Å². The second-order valence-electron chi connectivity index (χ2n) is 9.78. The molecule has 1 atom stereocenters. The summed E-state index contributed by atoms with van der Waals surface area (Å²) in [6, 6.07) is 13.8. The molecular formula is C27H35F3O. The van der Waals surface area contributed by atoms with Gasteiger partial charge < -0.3 is 4.74 Å². The highest BCUT2D eigenvalue weighted by Crippen LogP contribution is 2.39. The maximum atomic E-state index is 12.8. The molecule has 2 rings (SSSR count). The molecule has 2 aromatic carbocycles. The summed E-state index contributed by atoms with van der Waals surface area (Å²) in [6.45, 7) is 11.5. The number of hydrogen-bond donors (Lipinski definition) is 0. The minimum atomic E-state index is -2.45. The molecule has 0 amide bonds. The summed E-state index contributed by atoms with van der Waals surface area (Å²) in [7, 11) is 0. The van der Waals surface area contributed by atoms with E-state index in [0.717, 1.165) is 31.2 Å². The van der Waals surface area contributed by atoms with Gasteiger partial charge >= 0.3 is 12.1 Å². The molecule has 4 heteroatoms. The summed E-state index contributed by atoms with van der Waals surface area (Å²) in [5.74, 6) is 1.30. The van der Waals surface area contributed by atoms with E-state index in [1.807, 2.05) is 0 Å². The quantitative estimate of drug-likeness (QED) is 0.269. The Labute approximate surface area is 185 Å². The van der Waals surface area contributed by atoms with Crippen LogP contribution < -0.4 is 4.74 Å². The van der Waals surface area contributed by atoms with E-state index in [9.17, 15) is 13.2 Å². The fraction of sp³-hybridized carbons (Fsp3) is 0.481. The molecule has 0 radical (unpaired) electrons. The summed E-state index contributed by atoms with van der Waals surface area (Å²) in [4.78, 5) is 0. The van der Waals surface area contributed by atoms with E-state index >= 15 is 0 Å². The maximum absolute atomic E-state index is 12.8. The molecule has 31 heavy (non-hydrogen) atoms. The van der Waals surface area contributed by atoms with Crippen LogP contribution in [0.4, 0.5) is 13.2 Å². The minimum absolute atomic E-state index is 0.0696. The van der Waals surface area contributed by atoms with Crippen molar-refractivity contribution < 1.29 is 17.9 Å². The Morgan fingerprint density at radius 3 is 1.71 bits per heavy atom. The van der Waals surface area contributed by atoms with Crippen LogP contribution >= 0.6 is 0 Å². The van der Waals surface area contributed by atoms with Gasteiger partial charge in [0.2, 0.25) is 0 Å². The normalized spacial score (nSPS) is 12.7. The minimum Gasteiger partial charge on any atom is -0.428 e. The zero-order valence-electron chi connectivity index (χ0n) is 19.4. The average molecular weight is 433 g/mol. The molecule has 0 saturated heterocycles. The van der Waals surface area contributed by atoms with E-state index in [0.29, 0.717) is 11.8 Å². The summed E-state index contributed by atoms with van der Waals surface area (Å²) in [6.07, 6.45) is 2.74. The summed E-state index contributed by atoms with van der Waals surface area (Å²) in [5, 5.41) is 0. The van der Waals surface area contributed by atoms with Crippen LogP contribution in [0.15, 0.2) is 60.6 Å². The monoisotopic (exact) mass is 432 g/mol. The lowest BCUT2D eigenvalue weighted by Gasteiger charge is -2.32. The Kier molecular flexibility index (Phi) is 9.21. The molecule has 2 aromatic rings. The van der Waals surface area contributed by atoms with E-state index in [1.165, 1.54) is 29.7 Å². The molecule has 0 spiro atoms. The first-order valence-corrected chi connectivity index (χ1v) is 11.1. The summed E-state index contributed by atoms with van der Waals surface area (Å²) >= 11 is 0. The molecule has 0 heterocycles. The first-order valence-electron chi connectivity index (χ1n) is 11.1. The first-order chi connectivity index (χ1) is 14.6. The van der Waals surface area contributed by atoms with Crippen LogP contribution in [0.25, 0.3) is 0 Å². The summed E-state index contributed by atoms with van der Waals surface area (Å²) < 4.78 is 41.4. The number of halogens is 3. The molecule has 1 nitrogen and oxygen atoms in total. The van der Waals surface area contributed by atoms with E-state index in [1.54, 1.807) is 12.1 Å². The molecule has 1 unspecified atom stereocenters. The van der Waals surface area contributed by atoms with E-state index in [2.05, 4.69) is 63.6 Å². The lowest BCUT2D eigenvalue weighted by molar-refractivity contribution is 0.241. The van der Waals surface area contributed by atoms with Gasteiger partial charge in [-0.05, 0) is 78.2 Å². The van der Waals surface area contributed by atoms with Crippen LogP contribution in [0.2, 0.25) is 0 Å². The molecular weight excluding hydrogens is 397 g/mol. The number of rotatable bonds is 10. The van der Waals surface area contributed by atoms with Crippen LogP contribution in [-0.4, -0.2) is 0 Å². The Bertz CT molecular complexity index is 826. The van der Waals surface area contributed by atoms with Gasteiger partial charge in [0.05, 0.1) is 0 Å². The average Bonchev–Trinajstić information content (AvgIpc) is 2.70. The predicted molar refractivity (Wildman–Crippen MR) is 122 cm³/mol. The highest BCUT2D eigenvalue weighted by atomic mass is 19.3. The predicted octanol–water partition coefficient (Wildman–Crippen LogP) is 8.84. The van der Waals surface area contributed by atoms with Crippen molar-refractivity contribution in [1.29, 1.82) is 0 Å². The van der Waals surface area contributed by atoms with E-state index in [4.69, 9.17) is 0 Å². The van der Waals surface area contributed by atoms with Crippen LogP contribution in [0.3, 0.4) is 0 Å². The molecule has 0 bridgehead atoms. The fourth-order valence-corrected chi connectivity index (χ4v) is 3.90. The van der Waals surface area contributed by atoms with Gasteiger partial charge in [0, 0.05) is 0 Å². The van der Waals surface area contributed by atoms with Crippen molar-refractivity contribution in [3.8, 4) is 5.75 Å². The van der Waals surface area contributed by atoms with Gasteiger partial charge in [-0.2, -0.15) is 13.2 Å². The molecule has 0 N–H and O–H groups in total. The Hall–Kier alpha value is -2.23. The number of unbranched alkanes of at least 4 members (excludes halogenated alkanes) is 1. The highest BCUT2D eigenvalue weighted by Gasteiger charge is 2.26. The van der Waals surface area contributed by atoms with Crippen molar-refractivity contribution in [3.63, 3.8) is 0 Å². The van der Waals surface area contributed by atoms with E-state index in [-0.39, 0.29) is 11.2 Å². The Morgan fingerprint density at radius 1 is 0.806 bits per heavy atom. The SMILES string of the molecule is CC(C)CC(c1ccc(CCCCc2ccc(OC(F)=C(F)F)cc2)cc1)C(C)(C)C. The molecule has 0 aliphatic carbocycles. The van der Waals surface area contributed by atoms with Gasteiger partial charge in [-0.1, -0.05) is 71.0 Å². The molecule has 0 aliphatic heterocycles. The van der Waals surface area contributed by atoms with E-state index < -0.39 is 12.1 Å². The number of aryl methyl sites for hydroxylation is 2. The highest BCUT2D eigenvalue weighted by molar-refractivity contribution is 5.29. The van der Waals surface area contributed by atoms with Gasteiger partial charge in [-0.25, -0.2) is 0 Å². The Balaban J connectivity index is 1.83. The van der Waals surface area contributed by atoms with Crippen LogP contribution in [0.5, 0.6) is 5.75 Å². The number of ether oxygens (including phenoxy) is 1. The third-order valence-electron chi connectivity index (χ3n) is 5.59. The second kappa shape index (κ2) is 11.4. The van der Waals surface area contributed by atoms with Crippen molar-refractivity contribution >= 4 is 0 Å². The topological polar surface area (TPSA) is 9.23 Å². The van der Waals surface area contributed by atoms with Gasteiger partial charge in [-0.3, -0.25) is 0 Å². The van der Waals surface area contributed by atoms with Crippen LogP contribution in [-0.2, 0) is 12.8 Å². The molecule has 0 aliphatic rings. The zero-order chi connectivity index (χ0) is 23.0. The second-order valence-corrected chi connectivity index (χ2v) is 9.78.